The number of hydrogen-bond donors (Lipinski definition) is 0. The number of nitrogens with zero attached hydrogens (tertiary/aromatic N) is 3. The second kappa shape index (κ2) is 6.53. The Balaban J connectivity index is 1.74. The highest BCUT2D eigenvalue weighted by atomic mass is 16.2. The SMILES string of the molecule is CN1CCN(C(=O)Cc2ccc(C#N)cc2)Cc2ccccc21. The van der Waals surface area contributed by atoms with Crippen molar-refractivity contribution in [3.8, 4) is 6.07 Å². The molecule has 2 aromatic rings. The summed E-state index contributed by atoms with van der Waals surface area (Å²) >= 11 is 0. The number of hydrogen-bond acceptors (Lipinski definition) is 3. The van der Waals surface area contributed by atoms with Gasteiger partial charge in [0.1, 0.15) is 0 Å². The summed E-state index contributed by atoms with van der Waals surface area (Å²) in [6.07, 6.45) is 0.373. The number of para-hydroxylation sites is 1. The molecule has 4 heteroatoms. The van der Waals surface area contributed by atoms with Crippen molar-refractivity contribution in [1.82, 2.24) is 4.90 Å². The number of amides is 1. The van der Waals surface area contributed by atoms with Crippen LogP contribution < -0.4 is 4.90 Å². The fourth-order valence-corrected chi connectivity index (χ4v) is 2.89. The second-order valence-corrected chi connectivity index (χ2v) is 5.85. The van der Waals surface area contributed by atoms with E-state index in [1.54, 1.807) is 12.1 Å². The van der Waals surface area contributed by atoms with Gasteiger partial charge in [0, 0.05) is 32.4 Å². The van der Waals surface area contributed by atoms with Crippen LogP contribution in [-0.4, -0.2) is 30.9 Å². The second-order valence-electron chi connectivity index (χ2n) is 5.85. The van der Waals surface area contributed by atoms with Crippen LogP contribution in [0.5, 0.6) is 0 Å². The van der Waals surface area contributed by atoms with Gasteiger partial charge >= 0.3 is 0 Å². The summed E-state index contributed by atoms with van der Waals surface area (Å²) in [4.78, 5) is 16.7. The van der Waals surface area contributed by atoms with Crippen LogP contribution in [0.3, 0.4) is 0 Å². The first-order valence-electron chi connectivity index (χ1n) is 7.73. The Morgan fingerprint density at radius 3 is 2.61 bits per heavy atom. The minimum absolute atomic E-state index is 0.125. The Labute approximate surface area is 136 Å². The summed E-state index contributed by atoms with van der Waals surface area (Å²) in [5, 5.41) is 8.83. The maximum atomic E-state index is 12.6. The third kappa shape index (κ3) is 3.35. The van der Waals surface area contributed by atoms with Crippen molar-refractivity contribution in [2.45, 2.75) is 13.0 Å². The van der Waals surface area contributed by atoms with Crippen LogP contribution in [-0.2, 0) is 17.8 Å². The molecule has 23 heavy (non-hydrogen) atoms. The summed E-state index contributed by atoms with van der Waals surface area (Å²) in [6.45, 7) is 2.20. The van der Waals surface area contributed by atoms with Gasteiger partial charge in [0.05, 0.1) is 18.1 Å². The fourth-order valence-electron chi connectivity index (χ4n) is 2.89. The van der Waals surface area contributed by atoms with E-state index in [1.165, 1.54) is 11.3 Å². The number of rotatable bonds is 2. The standard InChI is InChI=1S/C19H19N3O/c1-21-10-11-22(14-17-4-2-3-5-18(17)21)19(23)12-15-6-8-16(13-20)9-7-15/h2-9H,10-12,14H2,1H3. The van der Waals surface area contributed by atoms with Gasteiger partial charge in [-0.1, -0.05) is 30.3 Å². The van der Waals surface area contributed by atoms with E-state index < -0.39 is 0 Å². The van der Waals surface area contributed by atoms with Crippen molar-refractivity contribution in [3.05, 3.63) is 65.2 Å². The highest BCUT2D eigenvalue weighted by molar-refractivity contribution is 5.79. The Kier molecular flexibility index (Phi) is 4.29. The molecule has 1 amide bonds. The number of carbonyl (C=O) groups excluding carboxylic acids is 1. The van der Waals surface area contributed by atoms with E-state index in [0.717, 1.165) is 18.7 Å². The smallest absolute Gasteiger partial charge is 0.227 e. The van der Waals surface area contributed by atoms with E-state index in [4.69, 9.17) is 5.26 Å². The third-order valence-corrected chi connectivity index (χ3v) is 4.26. The fraction of sp³-hybridized carbons (Fsp3) is 0.263. The van der Waals surface area contributed by atoms with Gasteiger partial charge in [-0.15, -0.1) is 0 Å². The zero-order valence-corrected chi connectivity index (χ0v) is 13.2. The lowest BCUT2D eigenvalue weighted by Crippen LogP contribution is -2.35. The zero-order valence-electron chi connectivity index (χ0n) is 13.2. The molecule has 1 aliphatic rings. The highest BCUT2D eigenvalue weighted by Gasteiger charge is 2.21. The molecule has 0 radical (unpaired) electrons. The summed E-state index contributed by atoms with van der Waals surface area (Å²) in [6, 6.07) is 17.6. The monoisotopic (exact) mass is 305 g/mol. The molecule has 0 bridgehead atoms. The summed E-state index contributed by atoms with van der Waals surface area (Å²) in [7, 11) is 2.06. The van der Waals surface area contributed by atoms with E-state index in [1.807, 2.05) is 29.2 Å². The van der Waals surface area contributed by atoms with E-state index in [9.17, 15) is 4.79 Å². The van der Waals surface area contributed by atoms with Crippen molar-refractivity contribution in [2.75, 3.05) is 25.0 Å². The third-order valence-electron chi connectivity index (χ3n) is 4.26. The van der Waals surface area contributed by atoms with E-state index in [2.05, 4.69) is 30.1 Å². The molecule has 2 aromatic carbocycles. The van der Waals surface area contributed by atoms with Gasteiger partial charge in [-0.3, -0.25) is 4.79 Å². The van der Waals surface area contributed by atoms with Gasteiger partial charge in [-0.05, 0) is 29.3 Å². The molecule has 116 valence electrons. The van der Waals surface area contributed by atoms with Crippen LogP contribution in [0.1, 0.15) is 16.7 Å². The van der Waals surface area contributed by atoms with Gasteiger partial charge in [0.25, 0.3) is 0 Å². The first-order valence-corrected chi connectivity index (χ1v) is 7.73. The molecule has 0 unspecified atom stereocenters. The Bertz CT molecular complexity index is 746. The lowest BCUT2D eigenvalue weighted by atomic mass is 10.1. The van der Waals surface area contributed by atoms with Crippen molar-refractivity contribution in [2.24, 2.45) is 0 Å². The topological polar surface area (TPSA) is 47.3 Å². The molecule has 0 saturated heterocycles. The Hall–Kier alpha value is -2.80. The first kappa shape index (κ1) is 15.1. The average molecular weight is 305 g/mol. The van der Waals surface area contributed by atoms with E-state index in [0.29, 0.717) is 18.5 Å². The molecular formula is C19H19N3O. The molecule has 4 nitrogen and oxygen atoms in total. The molecule has 0 spiro atoms. The lowest BCUT2D eigenvalue weighted by molar-refractivity contribution is -0.130. The molecule has 3 rings (SSSR count). The number of benzene rings is 2. The molecule has 0 aliphatic carbocycles. The normalized spacial score (nSPS) is 13.9. The van der Waals surface area contributed by atoms with Gasteiger partial charge in [-0.25, -0.2) is 0 Å². The Morgan fingerprint density at radius 2 is 1.87 bits per heavy atom. The molecule has 0 fully saturated rings. The maximum absolute atomic E-state index is 12.6. The molecule has 0 saturated carbocycles. The summed E-state index contributed by atoms with van der Waals surface area (Å²) < 4.78 is 0. The van der Waals surface area contributed by atoms with E-state index in [-0.39, 0.29) is 5.91 Å². The first-order chi connectivity index (χ1) is 11.2. The van der Waals surface area contributed by atoms with Crippen LogP contribution in [0.2, 0.25) is 0 Å². The van der Waals surface area contributed by atoms with Crippen LogP contribution in [0, 0.1) is 11.3 Å². The zero-order chi connectivity index (χ0) is 16.2. The van der Waals surface area contributed by atoms with Crippen LogP contribution in [0.25, 0.3) is 0 Å². The van der Waals surface area contributed by atoms with Gasteiger partial charge in [0.15, 0.2) is 0 Å². The average Bonchev–Trinajstić information content (AvgIpc) is 2.75. The number of carbonyl (C=O) groups is 1. The number of likely N-dealkylation sites (N-methyl/N-ethyl adjacent to an activating group) is 1. The summed E-state index contributed by atoms with van der Waals surface area (Å²) in [5.74, 6) is 0.125. The van der Waals surface area contributed by atoms with Crippen molar-refractivity contribution >= 4 is 11.6 Å². The molecule has 1 heterocycles. The summed E-state index contributed by atoms with van der Waals surface area (Å²) in [5.41, 5.74) is 3.94. The molecular weight excluding hydrogens is 286 g/mol. The quantitative estimate of drug-likeness (QED) is 0.857. The minimum Gasteiger partial charge on any atom is -0.373 e. The number of anilines is 1. The van der Waals surface area contributed by atoms with Crippen LogP contribution in [0.4, 0.5) is 5.69 Å². The minimum atomic E-state index is 0.125. The maximum Gasteiger partial charge on any atom is 0.227 e. The molecule has 0 N–H and O–H groups in total. The largest absolute Gasteiger partial charge is 0.373 e. The molecule has 1 aliphatic heterocycles. The lowest BCUT2D eigenvalue weighted by Gasteiger charge is -2.21. The molecule has 0 atom stereocenters. The number of nitriles is 1. The van der Waals surface area contributed by atoms with Crippen LogP contribution in [0.15, 0.2) is 48.5 Å². The Morgan fingerprint density at radius 1 is 1.13 bits per heavy atom. The predicted octanol–water partition coefficient (Wildman–Crippen LogP) is 2.58. The van der Waals surface area contributed by atoms with Gasteiger partial charge in [0.2, 0.25) is 5.91 Å². The van der Waals surface area contributed by atoms with Gasteiger partial charge < -0.3 is 9.80 Å². The number of fused-ring (bicyclic) bond motifs is 1. The van der Waals surface area contributed by atoms with Crippen LogP contribution >= 0.6 is 0 Å². The van der Waals surface area contributed by atoms with E-state index >= 15 is 0 Å². The van der Waals surface area contributed by atoms with Crippen molar-refractivity contribution < 1.29 is 4.79 Å². The highest BCUT2D eigenvalue weighted by Crippen LogP contribution is 2.24. The van der Waals surface area contributed by atoms with Crippen molar-refractivity contribution in [1.29, 1.82) is 5.26 Å². The van der Waals surface area contributed by atoms with Gasteiger partial charge in [-0.2, -0.15) is 5.26 Å². The van der Waals surface area contributed by atoms with Crippen molar-refractivity contribution in [3.63, 3.8) is 0 Å². The predicted molar refractivity (Wildman–Crippen MR) is 90.0 cm³/mol. The molecule has 0 aromatic heterocycles.